The van der Waals surface area contributed by atoms with Gasteiger partial charge in [-0.3, -0.25) is 9.78 Å². The Bertz CT molecular complexity index is 963. The third kappa shape index (κ3) is 4.13. The van der Waals surface area contributed by atoms with Crippen LogP contribution in [0.5, 0.6) is 0 Å². The molecule has 1 aliphatic heterocycles. The molecule has 1 aromatic carbocycles. The summed E-state index contributed by atoms with van der Waals surface area (Å²) in [6.45, 7) is 3.74. The zero-order chi connectivity index (χ0) is 19.8. The molecular weight excluding hydrogens is 499 g/mol. The maximum Gasteiger partial charge on any atom is 0.237 e. The predicted octanol–water partition coefficient (Wildman–Crippen LogP) is 6.16. The van der Waals surface area contributed by atoms with Crippen LogP contribution in [0.15, 0.2) is 45.0 Å². The molecule has 1 unspecified atom stereocenters. The molecule has 2 atom stereocenters. The lowest BCUT2D eigenvalue weighted by Crippen LogP contribution is -2.32. The molecule has 1 aromatic heterocycles. The summed E-state index contributed by atoms with van der Waals surface area (Å²) < 4.78 is 2.20. The Morgan fingerprint density at radius 1 is 1.14 bits per heavy atom. The second-order valence-electron chi connectivity index (χ2n) is 7.65. The molecule has 146 valence electrons. The van der Waals surface area contributed by atoms with E-state index in [4.69, 9.17) is 4.98 Å². The number of carbonyl (C=O) groups is 1. The molecule has 0 radical (unpaired) electrons. The number of benzene rings is 1. The molecule has 1 fully saturated rings. The zero-order valence-electron chi connectivity index (χ0n) is 15.8. The van der Waals surface area contributed by atoms with Gasteiger partial charge in [0.25, 0.3) is 0 Å². The van der Waals surface area contributed by atoms with Gasteiger partial charge < -0.3 is 4.90 Å². The monoisotopic (exact) mass is 520 g/mol. The lowest BCUT2D eigenvalue weighted by Gasteiger charge is -2.28. The number of hydrogen-bond acceptors (Lipinski definition) is 2. The van der Waals surface area contributed by atoms with E-state index in [1.807, 2.05) is 11.1 Å². The smallest absolute Gasteiger partial charge is 0.237 e. The largest absolute Gasteiger partial charge is 0.339 e. The Hall–Kier alpha value is -1.03. The zero-order valence-corrected chi connectivity index (χ0v) is 20.2. The first-order chi connectivity index (χ1) is 13.4. The van der Waals surface area contributed by atoms with Crippen molar-refractivity contribution in [3.63, 3.8) is 0 Å². The number of pyridine rings is 1. The number of aromatic nitrogens is 1. The lowest BCUT2D eigenvalue weighted by molar-refractivity contribution is 0.219. The van der Waals surface area contributed by atoms with Crippen molar-refractivity contribution in [1.29, 1.82) is 0 Å². The number of piperidine rings is 1. The minimum absolute atomic E-state index is 0.0916. The first kappa shape index (κ1) is 20.3. The van der Waals surface area contributed by atoms with Crippen LogP contribution in [-0.2, 0) is 12.8 Å². The molecule has 1 amide bonds. The van der Waals surface area contributed by atoms with E-state index in [-0.39, 0.29) is 11.6 Å². The molecule has 2 aliphatic rings. The fraction of sp³-hybridized carbons (Fsp3) is 0.364. The Morgan fingerprint density at radius 3 is 2.57 bits per heavy atom. The van der Waals surface area contributed by atoms with Gasteiger partial charge in [-0.15, -0.1) is 0 Å². The molecule has 2 aromatic rings. The average molecular weight is 522 g/mol. The Kier molecular flexibility index (Phi) is 6.06. The molecule has 1 aliphatic carbocycles. The average Bonchev–Trinajstić information content (AvgIpc) is 2.79. The van der Waals surface area contributed by atoms with E-state index >= 15 is 0 Å². The van der Waals surface area contributed by atoms with E-state index in [2.05, 4.69) is 72.3 Å². The third-order valence-electron chi connectivity index (χ3n) is 5.72. The highest BCUT2D eigenvalue weighted by atomic mass is 79.9. The van der Waals surface area contributed by atoms with Crippen LogP contribution in [0.4, 0.5) is 4.79 Å². The Balaban J connectivity index is 1.79. The molecule has 3 nitrogen and oxygen atoms in total. The second kappa shape index (κ2) is 8.38. The fourth-order valence-electron chi connectivity index (χ4n) is 4.34. The van der Waals surface area contributed by atoms with Gasteiger partial charge in [-0.1, -0.05) is 33.6 Å². The van der Waals surface area contributed by atoms with Gasteiger partial charge in [-0.05, 0) is 92.2 Å². The van der Waals surface area contributed by atoms with E-state index in [0.717, 1.165) is 48.9 Å². The van der Waals surface area contributed by atoms with E-state index in [0.29, 0.717) is 0 Å². The predicted molar refractivity (Wildman–Crippen MR) is 124 cm³/mol. The van der Waals surface area contributed by atoms with E-state index in [1.165, 1.54) is 32.3 Å². The van der Waals surface area contributed by atoms with Crippen molar-refractivity contribution in [3.8, 4) is 0 Å². The maximum atomic E-state index is 11.6. The standard InChI is InChI=1S/C22H23Br2N2OP/c1-13-8-15-2-3-16-11-17(23)12-25-21(16)18(20(15)19(24)9-13)10-14-4-6-26(7-5-14)22(27)28/h8-12,18H,2-7,28H2,1H3/t18-/m1/s1. The van der Waals surface area contributed by atoms with Crippen molar-refractivity contribution in [1.82, 2.24) is 9.88 Å². The van der Waals surface area contributed by atoms with Crippen LogP contribution >= 0.6 is 41.1 Å². The minimum Gasteiger partial charge on any atom is -0.339 e. The van der Waals surface area contributed by atoms with Crippen molar-refractivity contribution < 1.29 is 4.79 Å². The number of aryl methyl sites for hydroxylation is 3. The summed E-state index contributed by atoms with van der Waals surface area (Å²) in [6.07, 6.45) is 8.21. The van der Waals surface area contributed by atoms with Gasteiger partial charge in [-0.2, -0.15) is 0 Å². The van der Waals surface area contributed by atoms with Gasteiger partial charge in [-0.25, -0.2) is 0 Å². The summed E-state index contributed by atoms with van der Waals surface area (Å²) in [5.41, 5.74) is 8.01. The van der Waals surface area contributed by atoms with Gasteiger partial charge in [0, 0.05) is 34.1 Å². The van der Waals surface area contributed by atoms with Gasteiger partial charge in [0.1, 0.15) is 0 Å². The van der Waals surface area contributed by atoms with Crippen LogP contribution < -0.4 is 0 Å². The number of halogens is 2. The summed E-state index contributed by atoms with van der Waals surface area (Å²) in [5.74, 6) is 0.142. The topological polar surface area (TPSA) is 33.2 Å². The lowest BCUT2D eigenvalue weighted by atomic mass is 9.87. The number of amides is 1. The van der Waals surface area contributed by atoms with Crippen LogP contribution in [-0.4, -0.2) is 28.6 Å². The number of nitrogens with zero attached hydrogens (tertiary/aromatic N) is 2. The highest BCUT2D eigenvalue weighted by molar-refractivity contribution is 9.10. The fourth-order valence-corrected chi connectivity index (χ4v) is 5.84. The molecule has 2 heterocycles. The molecule has 0 saturated carbocycles. The third-order valence-corrected chi connectivity index (χ3v) is 7.17. The number of carbonyl (C=O) groups excluding carboxylic acids is 1. The molecule has 1 saturated heterocycles. The van der Waals surface area contributed by atoms with Crippen LogP contribution in [0.1, 0.15) is 46.7 Å². The van der Waals surface area contributed by atoms with Crippen LogP contribution in [0.2, 0.25) is 0 Å². The molecule has 0 N–H and O–H groups in total. The molecule has 28 heavy (non-hydrogen) atoms. The SMILES string of the molecule is Cc1cc(Br)c2c(c1)CCc1cc(Br)cnc1[C@@H]2C=C1CCN(C(=O)P)CC1. The molecule has 4 rings (SSSR count). The normalized spacial score (nSPS) is 18.9. The summed E-state index contributed by atoms with van der Waals surface area (Å²) in [4.78, 5) is 18.4. The highest BCUT2D eigenvalue weighted by Gasteiger charge is 2.27. The van der Waals surface area contributed by atoms with E-state index in [9.17, 15) is 4.79 Å². The first-order valence-electron chi connectivity index (χ1n) is 9.59. The van der Waals surface area contributed by atoms with Gasteiger partial charge in [0.2, 0.25) is 5.65 Å². The van der Waals surface area contributed by atoms with Crippen molar-refractivity contribution in [3.05, 3.63) is 72.9 Å². The van der Waals surface area contributed by atoms with E-state index in [1.54, 1.807) is 0 Å². The summed E-state index contributed by atoms with van der Waals surface area (Å²) in [7, 11) is 2.29. The summed E-state index contributed by atoms with van der Waals surface area (Å²) >= 11 is 7.43. The molecule has 0 spiro atoms. The first-order valence-corrected chi connectivity index (χ1v) is 11.8. The highest BCUT2D eigenvalue weighted by Crippen LogP contribution is 2.41. The number of hydrogen-bond donors (Lipinski definition) is 0. The van der Waals surface area contributed by atoms with Crippen LogP contribution in [0.3, 0.4) is 0 Å². The summed E-state index contributed by atoms with van der Waals surface area (Å²) in [6, 6.07) is 6.75. The van der Waals surface area contributed by atoms with E-state index < -0.39 is 0 Å². The van der Waals surface area contributed by atoms with Crippen molar-refractivity contribution in [2.75, 3.05) is 13.1 Å². The number of rotatable bonds is 1. The number of allylic oxidation sites excluding steroid dienone is 1. The molecule has 0 bridgehead atoms. The maximum absolute atomic E-state index is 11.6. The summed E-state index contributed by atoms with van der Waals surface area (Å²) in [5, 5.41) is 0. The van der Waals surface area contributed by atoms with Crippen molar-refractivity contribution in [2.24, 2.45) is 0 Å². The van der Waals surface area contributed by atoms with Gasteiger partial charge >= 0.3 is 0 Å². The minimum atomic E-state index is 0.0916. The quantitative estimate of drug-likeness (QED) is 0.332. The van der Waals surface area contributed by atoms with Crippen LogP contribution in [0.25, 0.3) is 0 Å². The van der Waals surface area contributed by atoms with Crippen LogP contribution in [0, 0.1) is 6.92 Å². The van der Waals surface area contributed by atoms with Crippen molar-refractivity contribution >= 4 is 46.7 Å². The number of likely N-dealkylation sites (tertiary alicyclic amines) is 1. The Morgan fingerprint density at radius 2 is 1.86 bits per heavy atom. The molecule has 6 heteroatoms. The van der Waals surface area contributed by atoms with Gasteiger partial charge in [0.15, 0.2) is 0 Å². The number of fused-ring (bicyclic) bond motifs is 2. The second-order valence-corrected chi connectivity index (χ2v) is 9.91. The Labute approximate surface area is 185 Å². The molecular formula is C22H23Br2N2OP. The van der Waals surface area contributed by atoms with Gasteiger partial charge in [0.05, 0.1) is 5.69 Å². The van der Waals surface area contributed by atoms with Crippen molar-refractivity contribution in [2.45, 2.75) is 38.5 Å².